The Morgan fingerprint density at radius 2 is 1.67 bits per heavy atom. The average molecular weight is 579 g/mol. The number of benzene rings is 2. The van der Waals surface area contributed by atoms with Crippen molar-refractivity contribution in [1.29, 1.82) is 0 Å². The minimum Gasteiger partial charge on any atom is -0.497 e. The van der Waals surface area contributed by atoms with Gasteiger partial charge in [-0.3, -0.25) is 9.59 Å². The van der Waals surface area contributed by atoms with Gasteiger partial charge in [-0.15, -0.1) is 0 Å². The summed E-state index contributed by atoms with van der Waals surface area (Å²) in [7, 11) is 2.68. The molecular weight excluding hydrogens is 531 g/mol. The van der Waals surface area contributed by atoms with Crippen molar-refractivity contribution in [2.45, 2.75) is 96.8 Å². The van der Waals surface area contributed by atoms with Crippen molar-refractivity contribution in [2.75, 3.05) is 14.2 Å². The second-order valence-electron chi connectivity index (χ2n) is 13.0. The number of amides is 2. The lowest BCUT2D eigenvalue weighted by molar-refractivity contribution is -0.131. The van der Waals surface area contributed by atoms with Gasteiger partial charge in [0.15, 0.2) is 0 Å². The van der Waals surface area contributed by atoms with Crippen molar-refractivity contribution in [3.63, 3.8) is 0 Å². The second kappa shape index (κ2) is 13.1. The first kappa shape index (κ1) is 31.9. The zero-order valence-electron chi connectivity index (χ0n) is 26.4. The Bertz CT molecular complexity index is 1220. The Labute approximate surface area is 251 Å². The maximum atomic E-state index is 13.9. The van der Waals surface area contributed by atoms with E-state index in [2.05, 4.69) is 24.5 Å². The summed E-state index contributed by atoms with van der Waals surface area (Å²) < 4.78 is 23.7. The van der Waals surface area contributed by atoms with Gasteiger partial charge in [-0.05, 0) is 82.1 Å². The van der Waals surface area contributed by atoms with E-state index in [1.165, 1.54) is 0 Å². The molecule has 2 amide bonds. The predicted molar refractivity (Wildman–Crippen MR) is 165 cm³/mol. The van der Waals surface area contributed by atoms with Crippen LogP contribution < -0.4 is 20.1 Å². The standard InChI is InChI=1S/C33H47BN2O6/c1-21(2)16-29(34-41-32(3,4)33(5,6)42-34)36-31(38)27(17-22-12-10-9-11-13-22)35-30(37)24-15-14-23-18-25(39-7)20-28(40-8)26(23)19-24/h9-13,18,20-21,24,27,29H,14-17,19H2,1-8H3,(H,35,37)(H,36,38)/t24?,27-,29?/m0/s1. The lowest BCUT2D eigenvalue weighted by Crippen LogP contribution is -2.56. The maximum Gasteiger partial charge on any atom is 0.481 e. The number of hydrogen-bond donors (Lipinski definition) is 2. The maximum absolute atomic E-state index is 13.9. The number of hydrogen-bond acceptors (Lipinski definition) is 6. The summed E-state index contributed by atoms with van der Waals surface area (Å²) in [5, 5.41) is 6.31. The van der Waals surface area contributed by atoms with Crippen LogP contribution in [0.5, 0.6) is 11.5 Å². The molecule has 0 aromatic heterocycles. The molecule has 9 heteroatoms. The van der Waals surface area contributed by atoms with Crippen LogP contribution in [0.25, 0.3) is 0 Å². The van der Waals surface area contributed by atoms with Crippen LogP contribution in [0.15, 0.2) is 42.5 Å². The summed E-state index contributed by atoms with van der Waals surface area (Å²) in [6.45, 7) is 12.2. The molecule has 2 N–H and O–H groups in total. The molecule has 42 heavy (non-hydrogen) atoms. The van der Waals surface area contributed by atoms with Gasteiger partial charge in [0, 0.05) is 18.4 Å². The monoisotopic (exact) mass is 578 g/mol. The number of methoxy groups -OCH3 is 2. The number of ether oxygens (including phenoxy) is 2. The zero-order valence-corrected chi connectivity index (χ0v) is 26.4. The van der Waals surface area contributed by atoms with Crippen LogP contribution in [-0.2, 0) is 38.2 Å². The van der Waals surface area contributed by atoms with Crippen LogP contribution in [0, 0.1) is 11.8 Å². The summed E-state index contributed by atoms with van der Waals surface area (Å²) >= 11 is 0. The molecule has 2 aromatic carbocycles. The summed E-state index contributed by atoms with van der Waals surface area (Å²) in [5.41, 5.74) is 2.09. The Morgan fingerprint density at radius 3 is 2.26 bits per heavy atom. The van der Waals surface area contributed by atoms with Gasteiger partial charge in [-0.25, -0.2) is 0 Å². The first-order valence-electron chi connectivity index (χ1n) is 15.1. The Kier molecular flexibility index (Phi) is 9.94. The summed E-state index contributed by atoms with van der Waals surface area (Å²) in [6, 6.07) is 12.9. The molecule has 0 saturated carbocycles. The first-order valence-corrected chi connectivity index (χ1v) is 15.1. The molecule has 0 spiro atoms. The fourth-order valence-electron chi connectivity index (χ4n) is 5.76. The summed E-state index contributed by atoms with van der Waals surface area (Å²) in [5.74, 6) is 0.740. The Balaban J connectivity index is 1.53. The summed E-state index contributed by atoms with van der Waals surface area (Å²) in [4.78, 5) is 27.7. The van der Waals surface area contributed by atoms with E-state index >= 15 is 0 Å². The third-order valence-corrected chi connectivity index (χ3v) is 8.88. The highest BCUT2D eigenvalue weighted by molar-refractivity contribution is 6.48. The molecule has 228 valence electrons. The SMILES string of the molecule is COc1cc2c(c(OC)c1)CC(C(=O)N[C@@H](Cc1ccccc1)C(=O)NC(CC(C)C)B1OC(C)(C)C(C)(C)O1)CC2. The molecule has 8 nitrogen and oxygen atoms in total. The molecule has 0 bridgehead atoms. The average Bonchev–Trinajstić information content (AvgIpc) is 3.17. The summed E-state index contributed by atoms with van der Waals surface area (Å²) in [6.07, 6.45) is 3.00. The highest BCUT2D eigenvalue weighted by Gasteiger charge is 2.54. The Morgan fingerprint density at radius 1 is 1.00 bits per heavy atom. The second-order valence-corrected chi connectivity index (χ2v) is 13.0. The largest absolute Gasteiger partial charge is 0.497 e. The molecule has 3 atom stereocenters. The molecule has 4 rings (SSSR count). The predicted octanol–water partition coefficient (Wildman–Crippen LogP) is 4.70. The molecule has 2 aliphatic rings. The third-order valence-electron chi connectivity index (χ3n) is 8.88. The number of fused-ring (bicyclic) bond motifs is 1. The van der Waals surface area contributed by atoms with E-state index in [4.69, 9.17) is 18.8 Å². The van der Waals surface area contributed by atoms with Gasteiger partial charge in [0.1, 0.15) is 17.5 Å². The highest BCUT2D eigenvalue weighted by atomic mass is 16.7. The normalized spacial score (nSPS) is 20.4. The van der Waals surface area contributed by atoms with Crippen molar-refractivity contribution >= 4 is 18.9 Å². The van der Waals surface area contributed by atoms with Crippen LogP contribution in [-0.4, -0.2) is 56.3 Å². The number of rotatable bonds is 11. The van der Waals surface area contributed by atoms with Crippen LogP contribution in [0.1, 0.15) is 71.1 Å². The number of carbonyl (C=O) groups is 2. The van der Waals surface area contributed by atoms with Gasteiger partial charge in [0.2, 0.25) is 11.8 Å². The van der Waals surface area contributed by atoms with E-state index in [1.54, 1.807) is 14.2 Å². The van der Waals surface area contributed by atoms with Crippen LogP contribution in [0.3, 0.4) is 0 Å². The third kappa shape index (κ3) is 7.29. The van der Waals surface area contributed by atoms with Gasteiger partial charge in [-0.2, -0.15) is 0 Å². The van der Waals surface area contributed by atoms with E-state index in [1.807, 2.05) is 70.2 Å². The van der Waals surface area contributed by atoms with E-state index in [0.717, 1.165) is 34.6 Å². The van der Waals surface area contributed by atoms with Crippen molar-refractivity contribution < 1.29 is 28.4 Å². The van der Waals surface area contributed by atoms with E-state index in [9.17, 15) is 9.59 Å². The van der Waals surface area contributed by atoms with Crippen molar-refractivity contribution in [2.24, 2.45) is 11.8 Å². The molecular formula is C33H47BN2O6. The lowest BCUT2D eigenvalue weighted by atomic mass is 9.73. The minimum atomic E-state index is -0.754. The molecule has 1 aliphatic carbocycles. The van der Waals surface area contributed by atoms with Crippen LogP contribution in [0.4, 0.5) is 0 Å². The van der Waals surface area contributed by atoms with Crippen LogP contribution in [0.2, 0.25) is 0 Å². The zero-order chi connectivity index (χ0) is 30.7. The van der Waals surface area contributed by atoms with Gasteiger partial charge < -0.3 is 29.4 Å². The molecule has 1 heterocycles. The smallest absolute Gasteiger partial charge is 0.481 e. The van der Waals surface area contributed by atoms with Crippen molar-refractivity contribution in [3.8, 4) is 11.5 Å². The highest BCUT2D eigenvalue weighted by Crippen LogP contribution is 2.38. The van der Waals surface area contributed by atoms with Crippen molar-refractivity contribution in [1.82, 2.24) is 10.6 Å². The molecule has 1 aliphatic heterocycles. The number of nitrogens with one attached hydrogen (secondary N) is 2. The fourth-order valence-corrected chi connectivity index (χ4v) is 5.76. The lowest BCUT2D eigenvalue weighted by Gasteiger charge is -2.32. The Hall–Kier alpha value is -3.04. The molecule has 2 unspecified atom stereocenters. The van der Waals surface area contributed by atoms with Crippen molar-refractivity contribution in [3.05, 3.63) is 59.2 Å². The molecule has 1 saturated heterocycles. The van der Waals surface area contributed by atoms with Gasteiger partial charge in [0.05, 0.1) is 31.4 Å². The molecule has 1 fully saturated rings. The van der Waals surface area contributed by atoms with E-state index in [-0.39, 0.29) is 23.7 Å². The van der Waals surface area contributed by atoms with E-state index in [0.29, 0.717) is 31.6 Å². The van der Waals surface area contributed by atoms with Gasteiger partial charge >= 0.3 is 7.12 Å². The quantitative estimate of drug-likeness (QED) is 0.376. The fraction of sp³-hybridized carbons (Fsp3) is 0.576. The topological polar surface area (TPSA) is 95.1 Å². The number of carbonyl (C=O) groups excluding carboxylic acids is 2. The van der Waals surface area contributed by atoms with E-state index < -0.39 is 24.4 Å². The van der Waals surface area contributed by atoms with Gasteiger partial charge in [0.25, 0.3) is 0 Å². The molecule has 0 radical (unpaired) electrons. The van der Waals surface area contributed by atoms with Gasteiger partial charge in [-0.1, -0.05) is 44.2 Å². The number of aryl methyl sites for hydroxylation is 1. The minimum absolute atomic E-state index is 0.134. The van der Waals surface area contributed by atoms with Crippen LogP contribution >= 0.6 is 0 Å². The molecule has 2 aromatic rings. The first-order chi connectivity index (χ1) is 19.8.